The minimum absolute atomic E-state index is 0.228. The molecule has 0 bridgehead atoms. The molecule has 0 fully saturated rings. The maximum absolute atomic E-state index is 11.6. The van der Waals surface area contributed by atoms with E-state index >= 15 is 0 Å². The first-order chi connectivity index (χ1) is 17.0. The van der Waals surface area contributed by atoms with E-state index < -0.39 is 0 Å². The lowest BCUT2D eigenvalue weighted by Crippen LogP contribution is -2.06. The van der Waals surface area contributed by atoms with E-state index in [2.05, 4.69) is 9.97 Å². The van der Waals surface area contributed by atoms with Gasteiger partial charge >= 0.3 is 5.97 Å². The number of carbonyl (C=O) groups is 1. The number of carbonyl (C=O) groups excluding carboxylic acids is 1. The van der Waals surface area contributed by atoms with E-state index in [-0.39, 0.29) is 5.97 Å². The van der Waals surface area contributed by atoms with Crippen molar-refractivity contribution >= 4 is 39.4 Å². The lowest BCUT2D eigenvalue weighted by atomic mass is 10.1. The molecule has 178 valence electrons. The molecule has 0 spiro atoms. The van der Waals surface area contributed by atoms with Gasteiger partial charge in [0.1, 0.15) is 17.4 Å². The van der Waals surface area contributed by atoms with Gasteiger partial charge in [0, 0.05) is 28.9 Å². The van der Waals surface area contributed by atoms with E-state index in [4.69, 9.17) is 30.9 Å². The molecule has 3 aromatic carbocycles. The number of aromatic amines is 2. The second-order valence-corrected chi connectivity index (χ2v) is 8.23. The number of anilines is 2. The van der Waals surface area contributed by atoms with Crippen molar-refractivity contribution in [2.45, 2.75) is 19.8 Å². The van der Waals surface area contributed by atoms with Crippen LogP contribution in [-0.2, 0) is 9.53 Å². The third kappa shape index (κ3) is 4.89. The molecule has 0 atom stereocenters. The summed E-state index contributed by atoms with van der Waals surface area (Å²) in [6, 6.07) is 16.9. The van der Waals surface area contributed by atoms with E-state index in [1.54, 1.807) is 6.92 Å². The average molecular weight is 471 g/mol. The van der Waals surface area contributed by atoms with Gasteiger partial charge in [-0.25, -0.2) is 9.97 Å². The first kappa shape index (κ1) is 22.3. The van der Waals surface area contributed by atoms with Crippen molar-refractivity contribution in [3.05, 3.63) is 54.6 Å². The molecule has 6 N–H and O–H groups in total. The summed E-state index contributed by atoms with van der Waals surface area (Å²) in [5.74, 6) is 1.78. The van der Waals surface area contributed by atoms with Crippen LogP contribution in [0.3, 0.4) is 0 Å². The largest absolute Gasteiger partial charge is 0.494 e. The zero-order valence-electron chi connectivity index (χ0n) is 19.3. The highest BCUT2D eigenvalue weighted by atomic mass is 16.5. The minimum Gasteiger partial charge on any atom is -0.494 e. The lowest BCUT2D eigenvalue weighted by molar-refractivity contribution is -0.143. The molecule has 2 heterocycles. The van der Waals surface area contributed by atoms with E-state index in [0.717, 1.165) is 33.2 Å². The Labute approximate surface area is 201 Å². The number of rotatable bonds is 8. The number of fused-ring (bicyclic) bond motifs is 2. The number of imidazole rings is 2. The number of nitrogens with one attached hydrogen (secondary N) is 2. The third-order valence-electron chi connectivity index (χ3n) is 5.56. The van der Waals surface area contributed by atoms with Crippen molar-refractivity contribution in [3.8, 4) is 28.5 Å². The molecular weight excluding hydrogens is 444 g/mol. The number of hydrogen-bond donors (Lipinski definition) is 4. The van der Waals surface area contributed by atoms with E-state index in [0.29, 0.717) is 54.8 Å². The maximum atomic E-state index is 11.6. The van der Waals surface area contributed by atoms with Crippen molar-refractivity contribution in [1.29, 1.82) is 0 Å². The molecule has 9 nitrogen and oxygen atoms in total. The predicted octanol–water partition coefficient (Wildman–Crippen LogP) is 4.66. The number of ether oxygens (including phenoxy) is 2. The fourth-order valence-electron chi connectivity index (χ4n) is 3.92. The summed E-state index contributed by atoms with van der Waals surface area (Å²) in [5, 5.41) is 0. The highest BCUT2D eigenvalue weighted by Gasteiger charge is 2.13. The van der Waals surface area contributed by atoms with Gasteiger partial charge in [0.25, 0.3) is 0 Å². The van der Waals surface area contributed by atoms with Crippen LogP contribution >= 0.6 is 0 Å². The molecule has 5 rings (SSSR count). The van der Waals surface area contributed by atoms with Crippen LogP contribution in [-0.4, -0.2) is 39.1 Å². The van der Waals surface area contributed by atoms with Crippen molar-refractivity contribution in [2.75, 3.05) is 24.7 Å². The highest BCUT2D eigenvalue weighted by Crippen LogP contribution is 2.32. The normalized spacial score (nSPS) is 11.2. The summed E-state index contributed by atoms with van der Waals surface area (Å²) in [4.78, 5) is 27.7. The monoisotopic (exact) mass is 470 g/mol. The lowest BCUT2D eigenvalue weighted by Gasteiger charge is -2.10. The molecule has 0 aliphatic rings. The Bertz CT molecular complexity index is 1420. The Morgan fingerprint density at radius 2 is 1.43 bits per heavy atom. The van der Waals surface area contributed by atoms with Gasteiger partial charge in [-0.05, 0) is 67.9 Å². The summed E-state index contributed by atoms with van der Waals surface area (Å²) in [5.41, 5.74) is 18.2. The van der Waals surface area contributed by atoms with E-state index in [1.807, 2.05) is 54.6 Å². The first-order valence-electron chi connectivity index (χ1n) is 11.4. The van der Waals surface area contributed by atoms with Crippen LogP contribution in [0.4, 0.5) is 11.4 Å². The Kier molecular flexibility index (Phi) is 5.97. The van der Waals surface area contributed by atoms with Crippen LogP contribution in [0.2, 0.25) is 0 Å². The molecule has 0 saturated carbocycles. The van der Waals surface area contributed by atoms with Crippen molar-refractivity contribution in [3.63, 3.8) is 0 Å². The van der Waals surface area contributed by atoms with Crippen molar-refractivity contribution in [1.82, 2.24) is 19.9 Å². The standard InChI is InChI=1S/C26H26N6O3/c1-2-34-24(33)4-3-9-35-19-11-15(25-29-20-7-5-17(27)13-22(20)31-25)10-16(12-19)26-30-21-8-6-18(28)14-23(21)32-26/h5-8,10-14H,2-4,9,27-28H2,1H3,(H,29,31)(H,30,32). The molecular formula is C26H26N6O3. The van der Waals surface area contributed by atoms with Crippen molar-refractivity contribution < 1.29 is 14.3 Å². The van der Waals surface area contributed by atoms with Gasteiger partial charge in [0.2, 0.25) is 0 Å². The molecule has 0 saturated heterocycles. The summed E-state index contributed by atoms with van der Waals surface area (Å²) in [6.07, 6.45) is 0.850. The zero-order valence-corrected chi connectivity index (χ0v) is 19.3. The van der Waals surface area contributed by atoms with Gasteiger partial charge in [0.05, 0.1) is 35.3 Å². The molecule has 5 aromatic rings. The van der Waals surface area contributed by atoms with Gasteiger partial charge in [-0.15, -0.1) is 0 Å². The second kappa shape index (κ2) is 9.38. The number of nitrogens with zero attached hydrogens (tertiary/aromatic N) is 2. The van der Waals surface area contributed by atoms with Crippen LogP contribution in [0.25, 0.3) is 44.8 Å². The molecule has 2 aromatic heterocycles. The van der Waals surface area contributed by atoms with Gasteiger partial charge in [-0.2, -0.15) is 0 Å². The van der Waals surface area contributed by atoms with Crippen LogP contribution < -0.4 is 16.2 Å². The molecule has 0 amide bonds. The predicted molar refractivity (Wildman–Crippen MR) is 137 cm³/mol. The van der Waals surface area contributed by atoms with Crippen LogP contribution in [0.5, 0.6) is 5.75 Å². The topological polar surface area (TPSA) is 145 Å². The van der Waals surface area contributed by atoms with Gasteiger partial charge in [0.15, 0.2) is 0 Å². The molecule has 0 unspecified atom stereocenters. The summed E-state index contributed by atoms with van der Waals surface area (Å²) >= 11 is 0. The fraction of sp³-hybridized carbons (Fsp3) is 0.192. The number of H-pyrrole nitrogens is 2. The number of nitrogen functional groups attached to an aromatic ring is 2. The summed E-state index contributed by atoms with van der Waals surface area (Å²) < 4.78 is 11.0. The Morgan fingerprint density at radius 3 is 1.97 bits per heavy atom. The average Bonchev–Trinajstić information content (AvgIpc) is 3.45. The minimum atomic E-state index is -0.228. The van der Waals surface area contributed by atoms with E-state index in [1.165, 1.54) is 0 Å². The fourth-order valence-corrected chi connectivity index (χ4v) is 3.92. The SMILES string of the molecule is CCOC(=O)CCCOc1cc(-c2nc3ccc(N)cc3[nH]2)cc(-c2nc3ccc(N)cc3[nH]2)c1. The number of benzene rings is 3. The van der Waals surface area contributed by atoms with Gasteiger partial charge < -0.3 is 30.9 Å². The smallest absolute Gasteiger partial charge is 0.305 e. The third-order valence-corrected chi connectivity index (χ3v) is 5.56. The molecule has 35 heavy (non-hydrogen) atoms. The zero-order chi connectivity index (χ0) is 24.4. The second-order valence-electron chi connectivity index (χ2n) is 8.23. The Hall–Kier alpha value is -4.53. The molecule has 0 radical (unpaired) electrons. The Balaban J connectivity index is 1.49. The molecule has 0 aliphatic heterocycles. The van der Waals surface area contributed by atoms with Crippen LogP contribution in [0.1, 0.15) is 19.8 Å². The van der Waals surface area contributed by atoms with E-state index in [9.17, 15) is 4.79 Å². The van der Waals surface area contributed by atoms with Crippen LogP contribution in [0.15, 0.2) is 54.6 Å². The Morgan fingerprint density at radius 1 is 0.857 bits per heavy atom. The maximum Gasteiger partial charge on any atom is 0.305 e. The molecule has 9 heteroatoms. The number of esters is 1. The van der Waals surface area contributed by atoms with Crippen LogP contribution in [0, 0.1) is 0 Å². The molecule has 0 aliphatic carbocycles. The quantitative estimate of drug-likeness (QED) is 0.147. The van der Waals surface area contributed by atoms with Gasteiger partial charge in [-0.3, -0.25) is 4.79 Å². The number of nitrogens with two attached hydrogens (primary N) is 2. The highest BCUT2D eigenvalue weighted by molar-refractivity contribution is 5.85. The van der Waals surface area contributed by atoms with Crippen molar-refractivity contribution in [2.24, 2.45) is 0 Å². The summed E-state index contributed by atoms with van der Waals surface area (Å²) in [6.45, 7) is 2.53. The van der Waals surface area contributed by atoms with Gasteiger partial charge in [-0.1, -0.05) is 0 Å². The number of hydrogen-bond acceptors (Lipinski definition) is 7. The first-order valence-corrected chi connectivity index (χ1v) is 11.4. The summed E-state index contributed by atoms with van der Waals surface area (Å²) in [7, 11) is 0. The number of aromatic nitrogens is 4.